The standard InChI is InChI=1S/C31H28N2O/c1-23-13-12-20-28(24(23)2)30(34)29-21-33(22-32-29)31(25-14-6-3-7-15-25,26-16-8-4-9-17-26)27-18-10-5-11-19-27/h3-22,30,34H,1-2H3/t30-/m0/s1. The number of hydrogen-bond acceptors (Lipinski definition) is 2. The largest absolute Gasteiger partial charge is 0.382 e. The Morgan fingerprint density at radius 2 is 1.18 bits per heavy atom. The van der Waals surface area contributed by atoms with E-state index in [0.29, 0.717) is 5.69 Å². The Balaban J connectivity index is 1.75. The molecule has 0 radical (unpaired) electrons. The number of aliphatic hydroxyl groups excluding tert-OH is 1. The second kappa shape index (κ2) is 9.12. The van der Waals surface area contributed by atoms with Crippen LogP contribution in [0.2, 0.25) is 0 Å². The second-order valence-corrected chi connectivity index (χ2v) is 8.71. The fraction of sp³-hybridized carbons (Fsp3) is 0.129. The average Bonchev–Trinajstić information content (AvgIpc) is 3.38. The highest BCUT2D eigenvalue weighted by Gasteiger charge is 2.38. The highest BCUT2D eigenvalue weighted by Crippen LogP contribution is 2.41. The van der Waals surface area contributed by atoms with Crippen molar-refractivity contribution >= 4 is 0 Å². The van der Waals surface area contributed by atoms with Crippen molar-refractivity contribution in [2.45, 2.75) is 25.5 Å². The van der Waals surface area contributed by atoms with E-state index in [1.807, 2.05) is 49.8 Å². The Labute approximate surface area is 201 Å². The summed E-state index contributed by atoms with van der Waals surface area (Å²) in [6.45, 7) is 4.11. The van der Waals surface area contributed by atoms with E-state index in [0.717, 1.165) is 33.4 Å². The highest BCUT2D eigenvalue weighted by atomic mass is 16.3. The normalized spacial score (nSPS) is 12.4. The van der Waals surface area contributed by atoms with E-state index in [2.05, 4.69) is 90.4 Å². The summed E-state index contributed by atoms with van der Waals surface area (Å²) in [5.41, 5.74) is 6.48. The first-order valence-corrected chi connectivity index (χ1v) is 11.6. The van der Waals surface area contributed by atoms with Gasteiger partial charge in [0.25, 0.3) is 0 Å². The van der Waals surface area contributed by atoms with E-state index in [1.165, 1.54) is 0 Å². The van der Waals surface area contributed by atoms with Crippen molar-refractivity contribution in [3.05, 3.63) is 161 Å². The molecule has 5 aromatic rings. The monoisotopic (exact) mass is 444 g/mol. The molecule has 0 saturated heterocycles. The van der Waals surface area contributed by atoms with E-state index in [4.69, 9.17) is 4.98 Å². The molecule has 0 saturated carbocycles. The molecule has 0 bridgehead atoms. The van der Waals surface area contributed by atoms with Crippen molar-refractivity contribution in [3.63, 3.8) is 0 Å². The molecule has 5 rings (SSSR count). The Morgan fingerprint density at radius 1 is 0.676 bits per heavy atom. The number of benzene rings is 4. The minimum atomic E-state index is -0.804. The Bertz CT molecular complexity index is 1280. The lowest BCUT2D eigenvalue weighted by molar-refractivity contribution is 0.215. The first-order chi connectivity index (χ1) is 16.6. The lowest BCUT2D eigenvalue weighted by atomic mass is 9.77. The van der Waals surface area contributed by atoms with Gasteiger partial charge in [0.1, 0.15) is 11.6 Å². The van der Waals surface area contributed by atoms with Gasteiger partial charge in [-0.3, -0.25) is 0 Å². The summed E-state index contributed by atoms with van der Waals surface area (Å²) < 4.78 is 2.14. The molecular formula is C31H28N2O. The fourth-order valence-corrected chi connectivity index (χ4v) is 4.88. The molecule has 168 valence electrons. The predicted octanol–water partition coefficient (Wildman–Crippen LogP) is 6.42. The predicted molar refractivity (Wildman–Crippen MR) is 137 cm³/mol. The van der Waals surface area contributed by atoms with Gasteiger partial charge in [-0.2, -0.15) is 0 Å². The van der Waals surface area contributed by atoms with E-state index < -0.39 is 11.6 Å². The van der Waals surface area contributed by atoms with Gasteiger partial charge in [0.05, 0.1) is 12.0 Å². The Morgan fingerprint density at radius 3 is 1.68 bits per heavy atom. The summed E-state index contributed by atoms with van der Waals surface area (Å²) in [4.78, 5) is 4.72. The zero-order chi connectivity index (χ0) is 23.5. The minimum absolute atomic E-state index is 0.626. The fourth-order valence-electron chi connectivity index (χ4n) is 4.88. The molecule has 1 N–H and O–H groups in total. The van der Waals surface area contributed by atoms with Crippen LogP contribution >= 0.6 is 0 Å². The van der Waals surface area contributed by atoms with Crippen molar-refractivity contribution in [2.75, 3.05) is 0 Å². The molecule has 3 heteroatoms. The zero-order valence-electron chi connectivity index (χ0n) is 19.5. The molecule has 0 spiro atoms. The Hall–Kier alpha value is -3.95. The molecular weight excluding hydrogens is 416 g/mol. The van der Waals surface area contributed by atoms with Crippen LogP contribution in [0.1, 0.15) is 45.2 Å². The number of nitrogens with zero attached hydrogens (tertiary/aromatic N) is 2. The van der Waals surface area contributed by atoms with Gasteiger partial charge in [0.15, 0.2) is 0 Å². The molecule has 3 nitrogen and oxygen atoms in total. The van der Waals surface area contributed by atoms with Crippen LogP contribution in [0.4, 0.5) is 0 Å². The van der Waals surface area contributed by atoms with Gasteiger partial charge in [-0.25, -0.2) is 4.98 Å². The third kappa shape index (κ3) is 3.64. The lowest BCUT2D eigenvalue weighted by Crippen LogP contribution is -2.37. The van der Waals surface area contributed by atoms with Crippen molar-refractivity contribution in [1.82, 2.24) is 9.55 Å². The maximum absolute atomic E-state index is 11.3. The van der Waals surface area contributed by atoms with E-state index in [1.54, 1.807) is 0 Å². The molecule has 0 unspecified atom stereocenters. The van der Waals surface area contributed by atoms with Gasteiger partial charge in [0, 0.05) is 6.20 Å². The van der Waals surface area contributed by atoms with Crippen LogP contribution in [-0.4, -0.2) is 14.7 Å². The molecule has 0 aliphatic carbocycles. The van der Waals surface area contributed by atoms with Gasteiger partial charge in [-0.05, 0) is 47.2 Å². The van der Waals surface area contributed by atoms with Crippen LogP contribution in [0, 0.1) is 13.8 Å². The van der Waals surface area contributed by atoms with Gasteiger partial charge in [-0.1, -0.05) is 109 Å². The summed E-state index contributed by atoms with van der Waals surface area (Å²) in [7, 11) is 0. The molecule has 0 fully saturated rings. The number of hydrogen-bond donors (Lipinski definition) is 1. The number of aliphatic hydroxyl groups is 1. The molecule has 34 heavy (non-hydrogen) atoms. The second-order valence-electron chi connectivity index (χ2n) is 8.71. The van der Waals surface area contributed by atoms with Crippen LogP contribution in [0.25, 0.3) is 0 Å². The van der Waals surface area contributed by atoms with E-state index >= 15 is 0 Å². The van der Waals surface area contributed by atoms with Gasteiger partial charge in [-0.15, -0.1) is 0 Å². The van der Waals surface area contributed by atoms with Gasteiger partial charge < -0.3 is 9.67 Å². The van der Waals surface area contributed by atoms with Crippen molar-refractivity contribution in [1.29, 1.82) is 0 Å². The molecule has 1 atom stereocenters. The molecule has 4 aromatic carbocycles. The van der Waals surface area contributed by atoms with E-state index in [-0.39, 0.29) is 0 Å². The molecule has 1 aromatic heterocycles. The third-order valence-corrected chi connectivity index (χ3v) is 6.79. The van der Waals surface area contributed by atoms with Crippen LogP contribution in [0.3, 0.4) is 0 Å². The number of aromatic nitrogens is 2. The maximum Gasteiger partial charge on any atom is 0.123 e. The number of rotatable bonds is 6. The Kier molecular flexibility index (Phi) is 5.87. The molecule has 1 heterocycles. The van der Waals surface area contributed by atoms with Crippen LogP contribution in [-0.2, 0) is 5.54 Å². The molecule has 0 aliphatic rings. The highest BCUT2D eigenvalue weighted by molar-refractivity contribution is 5.51. The molecule has 0 aliphatic heterocycles. The van der Waals surface area contributed by atoms with Gasteiger partial charge >= 0.3 is 0 Å². The summed E-state index contributed by atoms with van der Waals surface area (Å²) in [6.07, 6.45) is 3.03. The van der Waals surface area contributed by atoms with Crippen LogP contribution in [0.5, 0.6) is 0 Å². The van der Waals surface area contributed by atoms with Crippen molar-refractivity contribution < 1.29 is 5.11 Å². The van der Waals surface area contributed by atoms with Crippen LogP contribution < -0.4 is 0 Å². The summed E-state index contributed by atoms with van der Waals surface area (Å²) in [5.74, 6) is 0. The summed E-state index contributed by atoms with van der Waals surface area (Å²) >= 11 is 0. The maximum atomic E-state index is 11.3. The lowest BCUT2D eigenvalue weighted by Gasteiger charge is -2.37. The number of aryl methyl sites for hydroxylation is 1. The van der Waals surface area contributed by atoms with Crippen molar-refractivity contribution in [2.24, 2.45) is 0 Å². The summed E-state index contributed by atoms with van der Waals surface area (Å²) in [5, 5.41) is 11.3. The first-order valence-electron chi connectivity index (χ1n) is 11.6. The van der Waals surface area contributed by atoms with Crippen molar-refractivity contribution in [3.8, 4) is 0 Å². The van der Waals surface area contributed by atoms with E-state index in [9.17, 15) is 5.11 Å². The smallest absolute Gasteiger partial charge is 0.123 e. The topological polar surface area (TPSA) is 38.0 Å². The zero-order valence-corrected chi connectivity index (χ0v) is 19.5. The summed E-state index contributed by atoms with van der Waals surface area (Å²) in [6, 6.07) is 37.5. The third-order valence-electron chi connectivity index (χ3n) is 6.79. The van der Waals surface area contributed by atoms with Crippen LogP contribution in [0.15, 0.2) is 122 Å². The van der Waals surface area contributed by atoms with Gasteiger partial charge in [0.2, 0.25) is 0 Å². The average molecular weight is 445 g/mol. The SMILES string of the molecule is Cc1cccc([C@H](O)c2cn(C(c3ccccc3)(c3ccccc3)c3ccccc3)cn2)c1C. The molecule has 0 amide bonds. The minimum Gasteiger partial charge on any atom is -0.382 e. The first kappa shape index (κ1) is 21.9. The number of imidazole rings is 1. The quantitative estimate of drug-likeness (QED) is 0.307.